The molecule has 0 aliphatic heterocycles. The fourth-order valence-corrected chi connectivity index (χ4v) is 2.41. The van der Waals surface area contributed by atoms with Gasteiger partial charge in [0.25, 0.3) is 0 Å². The van der Waals surface area contributed by atoms with Crippen LogP contribution in [0, 0.1) is 0 Å². The lowest BCUT2D eigenvalue weighted by atomic mass is 10.1. The van der Waals surface area contributed by atoms with E-state index in [1.54, 1.807) is 29.1 Å². The zero-order valence-corrected chi connectivity index (χ0v) is 15.2. The first kappa shape index (κ1) is 21.9. The van der Waals surface area contributed by atoms with Crippen molar-refractivity contribution < 1.29 is 33.0 Å². The molecule has 11 heteroatoms. The third kappa shape index (κ3) is 6.04. The molecule has 1 aromatic carbocycles. The first-order chi connectivity index (χ1) is 13.6. The van der Waals surface area contributed by atoms with Crippen molar-refractivity contribution in [3.05, 3.63) is 60.1 Å². The Kier molecular flexibility index (Phi) is 6.94. The van der Waals surface area contributed by atoms with E-state index in [2.05, 4.69) is 9.97 Å². The van der Waals surface area contributed by atoms with Gasteiger partial charge < -0.3 is 14.8 Å². The van der Waals surface area contributed by atoms with Gasteiger partial charge in [-0.15, -0.1) is 0 Å². The molecule has 2 aromatic heterocycles. The van der Waals surface area contributed by atoms with E-state index in [0.717, 1.165) is 16.8 Å². The van der Waals surface area contributed by atoms with Crippen LogP contribution in [-0.4, -0.2) is 42.9 Å². The van der Waals surface area contributed by atoms with Gasteiger partial charge in [-0.3, -0.25) is 9.78 Å². The van der Waals surface area contributed by atoms with Gasteiger partial charge in [-0.1, -0.05) is 23.7 Å². The lowest BCUT2D eigenvalue weighted by molar-refractivity contribution is -0.192. The van der Waals surface area contributed by atoms with Crippen molar-refractivity contribution in [2.24, 2.45) is 0 Å². The number of pyridine rings is 1. The number of imidazole rings is 1. The number of carbonyl (C=O) groups is 2. The summed E-state index contributed by atoms with van der Waals surface area (Å²) in [5.74, 6) is -3.68. The van der Waals surface area contributed by atoms with Crippen LogP contribution in [0.4, 0.5) is 13.2 Å². The molecule has 3 rings (SSSR count). The number of alkyl halides is 3. The summed E-state index contributed by atoms with van der Waals surface area (Å²) in [6, 6.07) is 10.9. The molecule has 0 spiro atoms. The number of hydrogen-bond donors (Lipinski definition) is 2. The molecule has 29 heavy (non-hydrogen) atoms. The third-order valence-corrected chi connectivity index (χ3v) is 3.71. The summed E-state index contributed by atoms with van der Waals surface area (Å²) in [6.07, 6.45) is -0.216. The molecule has 0 atom stereocenters. The Labute approximate surface area is 167 Å². The van der Waals surface area contributed by atoms with Crippen LogP contribution >= 0.6 is 11.6 Å². The fraction of sp³-hybridized carbons (Fsp3) is 0.111. The van der Waals surface area contributed by atoms with Crippen molar-refractivity contribution in [1.29, 1.82) is 0 Å². The minimum absolute atomic E-state index is 0.155. The molecule has 7 nitrogen and oxygen atoms in total. The Morgan fingerprint density at radius 1 is 1.00 bits per heavy atom. The van der Waals surface area contributed by atoms with Crippen molar-refractivity contribution >= 4 is 23.5 Å². The SMILES string of the molecule is O=C(O)C(F)(F)F.O=C(O)Cn1cnc(-c2ccc(Cl)cc2)c1-c1ccncc1. The number of carboxylic acid groups (broad SMARTS) is 2. The second-order valence-corrected chi connectivity index (χ2v) is 5.95. The summed E-state index contributed by atoms with van der Waals surface area (Å²) in [6.45, 7) is -0.155. The topological polar surface area (TPSA) is 105 Å². The fourth-order valence-electron chi connectivity index (χ4n) is 2.28. The maximum Gasteiger partial charge on any atom is 0.490 e. The van der Waals surface area contributed by atoms with Crippen LogP contribution in [0.1, 0.15) is 0 Å². The predicted octanol–water partition coefficient (Wildman–Crippen LogP) is 3.98. The standard InChI is InChI=1S/C16H12ClN3O2.C2HF3O2/c17-13-3-1-11(2-4-13)15-16(12-5-7-18-8-6-12)20(10-19-15)9-14(21)22;3-2(4,5)1(6)7/h1-8,10H,9H2,(H,21,22);(H,6,7). The van der Waals surface area contributed by atoms with Gasteiger partial charge in [0.15, 0.2) is 0 Å². The maximum atomic E-state index is 11.1. The smallest absolute Gasteiger partial charge is 0.480 e. The average Bonchev–Trinajstić information content (AvgIpc) is 3.05. The van der Waals surface area contributed by atoms with E-state index in [9.17, 15) is 18.0 Å². The molecule has 0 aliphatic carbocycles. The Morgan fingerprint density at radius 3 is 2.03 bits per heavy atom. The average molecular weight is 428 g/mol. The van der Waals surface area contributed by atoms with Gasteiger partial charge in [-0.25, -0.2) is 9.78 Å². The van der Waals surface area contributed by atoms with Gasteiger partial charge in [0.05, 0.1) is 17.7 Å². The third-order valence-electron chi connectivity index (χ3n) is 3.46. The number of halogens is 4. The van der Waals surface area contributed by atoms with Crippen LogP contribution in [0.25, 0.3) is 22.5 Å². The van der Waals surface area contributed by atoms with Gasteiger partial charge >= 0.3 is 18.1 Å². The molecule has 2 N–H and O–H groups in total. The molecule has 3 aromatic rings. The highest BCUT2D eigenvalue weighted by Gasteiger charge is 2.38. The predicted molar refractivity (Wildman–Crippen MR) is 97.2 cm³/mol. The van der Waals surface area contributed by atoms with E-state index < -0.39 is 18.1 Å². The van der Waals surface area contributed by atoms with Crippen molar-refractivity contribution in [1.82, 2.24) is 14.5 Å². The Balaban J connectivity index is 0.000000370. The molecule has 152 valence electrons. The van der Waals surface area contributed by atoms with Crippen molar-refractivity contribution in [3.8, 4) is 22.5 Å². The highest BCUT2D eigenvalue weighted by Crippen LogP contribution is 2.31. The van der Waals surface area contributed by atoms with E-state index in [0.29, 0.717) is 10.7 Å². The number of carboxylic acids is 2. The van der Waals surface area contributed by atoms with Gasteiger partial charge in [0, 0.05) is 28.5 Å². The zero-order valence-electron chi connectivity index (χ0n) is 14.5. The van der Waals surface area contributed by atoms with Crippen LogP contribution in [-0.2, 0) is 16.1 Å². The van der Waals surface area contributed by atoms with Crippen molar-refractivity contribution in [2.45, 2.75) is 12.7 Å². The monoisotopic (exact) mass is 427 g/mol. The van der Waals surface area contributed by atoms with Gasteiger partial charge in [-0.05, 0) is 24.3 Å². The highest BCUT2D eigenvalue weighted by molar-refractivity contribution is 6.30. The second-order valence-electron chi connectivity index (χ2n) is 5.51. The zero-order chi connectivity index (χ0) is 21.6. The van der Waals surface area contributed by atoms with Crippen LogP contribution in [0.15, 0.2) is 55.1 Å². The van der Waals surface area contributed by atoms with Gasteiger partial charge in [0.1, 0.15) is 6.54 Å². The molecule has 2 heterocycles. The molecular formula is C18H13ClF3N3O4. The molecule has 0 radical (unpaired) electrons. The number of aliphatic carboxylic acids is 2. The molecule has 0 fully saturated rings. The number of benzene rings is 1. The summed E-state index contributed by atoms with van der Waals surface area (Å²) in [4.78, 5) is 28.3. The molecule has 0 amide bonds. The van der Waals surface area contributed by atoms with Gasteiger partial charge in [-0.2, -0.15) is 13.2 Å². The van der Waals surface area contributed by atoms with Gasteiger partial charge in [0.2, 0.25) is 0 Å². The van der Waals surface area contributed by atoms with Crippen LogP contribution in [0.5, 0.6) is 0 Å². The maximum absolute atomic E-state index is 11.1. The Morgan fingerprint density at radius 2 is 1.55 bits per heavy atom. The van der Waals surface area contributed by atoms with Crippen LogP contribution in [0.2, 0.25) is 5.02 Å². The lowest BCUT2D eigenvalue weighted by Gasteiger charge is -2.08. The number of nitrogens with zero attached hydrogens (tertiary/aromatic N) is 3. The summed E-state index contributed by atoms with van der Waals surface area (Å²) in [5.41, 5.74) is 3.19. The number of hydrogen-bond acceptors (Lipinski definition) is 4. The lowest BCUT2D eigenvalue weighted by Crippen LogP contribution is -2.21. The van der Waals surface area contributed by atoms with Crippen molar-refractivity contribution in [2.75, 3.05) is 0 Å². The minimum Gasteiger partial charge on any atom is -0.480 e. The first-order valence-corrected chi connectivity index (χ1v) is 8.20. The molecular weight excluding hydrogens is 415 g/mol. The molecule has 0 unspecified atom stereocenters. The van der Waals surface area contributed by atoms with Crippen molar-refractivity contribution in [3.63, 3.8) is 0 Å². The van der Waals surface area contributed by atoms with E-state index in [-0.39, 0.29) is 6.54 Å². The summed E-state index contributed by atoms with van der Waals surface area (Å²) >= 11 is 5.92. The van der Waals surface area contributed by atoms with Crippen LogP contribution in [0.3, 0.4) is 0 Å². The number of rotatable bonds is 4. The molecule has 0 saturated heterocycles. The Hall–Kier alpha value is -3.40. The normalized spacial score (nSPS) is 10.8. The minimum atomic E-state index is -5.08. The van der Waals surface area contributed by atoms with Crippen LogP contribution < -0.4 is 0 Å². The van der Waals surface area contributed by atoms with E-state index in [1.165, 1.54) is 6.33 Å². The van der Waals surface area contributed by atoms with E-state index in [1.807, 2.05) is 24.3 Å². The summed E-state index contributed by atoms with van der Waals surface area (Å²) in [5, 5.41) is 16.8. The summed E-state index contributed by atoms with van der Waals surface area (Å²) in [7, 11) is 0. The quantitative estimate of drug-likeness (QED) is 0.652. The summed E-state index contributed by atoms with van der Waals surface area (Å²) < 4.78 is 33.3. The van der Waals surface area contributed by atoms with E-state index in [4.69, 9.17) is 26.6 Å². The first-order valence-electron chi connectivity index (χ1n) is 7.83. The molecule has 0 saturated carbocycles. The number of aromatic nitrogens is 3. The van der Waals surface area contributed by atoms with E-state index >= 15 is 0 Å². The highest BCUT2D eigenvalue weighted by atomic mass is 35.5. The second kappa shape index (κ2) is 9.20. The molecule has 0 bridgehead atoms. The largest absolute Gasteiger partial charge is 0.490 e. The molecule has 0 aliphatic rings. The Bertz CT molecular complexity index is 990.